The lowest BCUT2D eigenvalue weighted by atomic mass is 10.3. The van der Waals surface area contributed by atoms with E-state index in [4.69, 9.17) is 10.5 Å². The van der Waals surface area contributed by atoms with Crippen molar-refractivity contribution in [2.24, 2.45) is 10.7 Å². The second-order valence-electron chi connectivity index (χ2n) is 4.90. The molecule has 112 valence electrons. The molecule has 0 amide bonds. The maximum atomic E-state index is 5.94. The number of hydrogen-bond acceptors (Lipinski definition) is 2. The topological polar surface area (TPSA) is 50.8 Å². The normalized spacial score (nSPS) is 16.2. The van der Waals surface area contributed by atoms with Crippen molar-refractivity contribution in [2.75, 3.05) is 13.6 Å². The van der Waals surface area contributed by atoms with Crippen LogP contribution in [0.1, 0.15) is 19.8 Å². The molecule has 0 aliphatic heterocycles. The fourth-order valence-electron chi connectivity index (χ4n) is 1.78. The highest BCUT2D eigenvalue weighted by molar-refractivity contribution is 14.0. The summed E-state index contributed by atoms with van der Waals surface area (Å²) in [5.74, 6) is 1.43. The Morgan fingerprint density at radius 3 is 2.75 bits per heavy atom. The average molecular weight is 454 g/mol. The van der Waals surface area contributed by atoms with Gasteiger partial charge in [-0.2, -0.15) is 0 Å². The molecule has 0 heterocycles. The summed E-state index contributed by atoms with van der Waals surface area (Å²) in [5.41, 5.74) is 5.94. The fraction of sp³-hybridized carbons (Fsp3) is 0.500. The molecule has 2 rings (SSSR count). The van der Waals surface area contributed by atoms with Gasteiger partial charge in [0.25, 0.3) is 0 Å². The van der Waals surface area contributed by atoms with Crippen LogP contribution in [-0.4, -0.2) is 36.6 Å². The Kier molecular flexibility index (Phi) is 7.08. The van der Waals surface area contributed by atoms with Gasteiger partial charge in [0.2, 0.25) is 0 Å². The van der Waals surface area contributed by atoms with Crippen molar-refractivity contribution in [3.05, 3.63) is 28.7 Å². The number of aliphatic imine (C=N–C) groups is 1. The fourth-order valence-corrected chi connectivity index (χ4v) is 2.16. The van der Waals surface area contributed by atoms with Crippen molar-refractivity contribution in [1.82, 2.24) is 4.90 Å². The van der Waals surface area contributed by atoms with Crippen LogP contribution < -0.4 is 10.5 Å². The van der Waals surface area contributed by atoms with Crippen molar-refractivity contribution in [3.63, 3.8) is 0 Å². The maximum Gasteiger partial charge on any atom is 0.191 e. The summed E-state index contributed by atoms with van der Waals surface area (Å²) < 4.78 is 6.78. The molecular weight excluding hydrogens is 433 g/mol. The zero-order valence-corrected chi connectivity index (χ0v) is 15.7. The summed E-state index contributed by atoms with van der Waals surface area (Å²) in [6.45, 7) is 2.55. The van der Waals surface area contributed by atoms with Crippen molar-refractivity contribution in [2.45, 2.75) is 31.9 Å². The van der Waals surface area contributed by atoms with Crippen molar-refractivity contribution >= 4 is 45.9 Å². The number of ether oxygens (including phenoxy) is 1. The second kappa shape index (κ2) is 8.07. The minimum absolute atomic E-state index is 0. The number of guanidine groups is 1. The standard InChI is InChI=1S/C14H20BrN3O.HI/c1-10(19-13-6-4-3-5-12(13)15)9-17-14(16)18(2)11-7-8-11;/h3-6,10-11H,7-9H2,1-2H3,(H2,16,17);1H. The molecule has 1 fully saturated rings. The molecule has 1 aliphatic rings. The molecular formula is C14H21BrIN3O. The van der Waals surface area contributed by atoms with Gasteiger partial charge in [0.05, 0.1) is 11.0 Å². The quantitative estimate of drug-likeness (QED) is 0.423. The number of para-hydroxylation sites is 1. The number of hydrogen-bond donors (Lipinski definition) is 1. The van der Waals surface area contributed by atoms with Gasteiger partial charge in [-0.15, -0.1) is 24.0 Å². The van der Waals surface area contributed by atoms with Gasteiger partial charge in [-0.25, -0.2) is 4.99 Å². The molecule has 0 aromatic heterocycles. The highest BCUT2D eigenvalue weighted by Gasteiger charge is 2.27. The third kappa shape index (κ3) is 5.12. The smallest absolute Gasteiger partial charge is 0.191 e. The summed E-state index contributed by atoms with van der Waals surface area (Å²) in [6, 6.07) is 8.39. The van der Waals surface area contributed by atoms with Crippen molar-refractivity contribution in [1.29, 1.82) is 0 Å². The first kappa shape index (κ1) is 17.6. The van der Waals surface area contributed by atoms with Gasteiger partial charge in [0.15, 0.2) is 5.96 Å². The monoisotopic (exact) mass is 453 g/mol. The number of nitrogens with two attached hydrogens (primary N) is 1. The van der Waals surface area contributed by atoms with E-state index in [-0.39, 0.29) is 30.1 Å². The van der Waals surface area contributed by atoms with Gasteiger partial charge in [-0.1, -0.05) is 12.1 Å². The summed E-state index contributed by atoms with van der Waals surface area (Å²) >= 11 is 3.46. The average Bonchev–Trinajstić information content (AvgIpc) is 3.22. The Labute approximate surface area is 145 Å². The van der Waals surface area contributed by atoms with E-state index in [9.17, 15) is 0 Å². The molecule has 0 bridgehead atoms. The first-order valence-electron chi connectivity index (χ1n) is 6.52. The van der Waals surface area contributed by atoms with E-state index in [0.717, 1.165) is 10.2 Å². The Balaban J connectivity index is 0.00000200. The van der Waals surface area contributed by atoms with E-state index in [1.54, 1.807) is 0 Å². The highest BCUT2D eigenvalue weighted by atomic mass is 127. The van der Waals surface area contributed by atoms with Crippen LogP contribution in [0.15, 0.2) is 33.7 Å². The van der Waals surface area contributed by atoms with Crippen LogP contribution >= 0.6 is 39.9 Å². The summed E-state index contributed by atoms with van der Waals surface area (Å²) in [7, 11) is 2.00. The Hall–Kier alpha value is -0.500. The molecule has 0 radical (unpaired) electrons. The van der Waals surface area contributed by atoms with Gasteiger partial charge in [0, 0.05) is 13.1 Å². The third-order valence-corrected chi connectivity index (χ3v) is 3.79. The maximum absolute atomic E-state index is 5.94. The van der Waals surface area contributed by atoms with Crippen LogP contribution in [0.2, 0.25) is 0 Å². The summed E-state index contributed by atoms with van der Waals surface area (Å²) in [6.07, 6.45) is 2.43. The minimum atomic E-state index is -0.00940. The zero-order chi connectivity index (χ0) is 13.8. The van der Waals surface area contributed by atoms with Gasteiger partial charge in [0.1, 0.15) is 11.9 Å². The van der Waals surface area contributed by atoms with Crippen molar-refractivity contribution in [3.8, 4) is 5.75 Å². The number of halogens is 2. The molecule has 1 aliphatic carbocycles. The Bertz CT molecular complexity index is 465. The number of benzene rings is 1. The minimum Gasteiger partial charge on any atom is -0.488 e. The molecule has 2 N–H and O–H groups in total. The van der Waals surface area contributed by atoms with Crippen LogP contribution in [0.25, 0.3) is 0 Å². The van der Waals surface area contributed by atoms with Crippen LogP contribution in [0.3, 0.4) is 0 Å². The Morgan fingerprint density at radius 2 is 2.15 bits per heavy atom. The highest BCUT2D eigenvalue weighted by Crippen LogP contribution is 2.26. The van der Waals surface area contributed by atoms with Gasteiger partial charge < -0.3 is 15.4 Å². The molecule has 1 unspecified atom stereocenters. The van der Waals surface area contributed by atoms with Crippen LogP contribution in [0.5, 0.6) is 5.75 Å². The van der Waals surface area contributed by atoms with Gasteiger partial charge >= 0.3 is 0 Å². The van der Waals surface area contributed by atoms with Gasteiger partial charge in [-0.3, -0.25) is 0 Å². The molecule has 6 heteroatoms. The lowest BCUT2D eigenvalue weighted by molar-refractivity contribution is 0.228. The van der Waals surface area contributed by atoms with Crippen molar-refractivity contribution < 1.29 is 4.74 Å². The predicted molar refractivity (Wildman–Crippen MR) is 96.9 cm³/mol. The van der Waals surface area contributed by atoms with Gasteiger partial charge in [-0.05, 0) is 47.8 Å². The van der Waals surface area contributed by atoms with Crippen LogP contribution in [-0.2, 0) is 0 Å². The number of nitrogens with zero attached hydrogens (tertiary/aromatic N) is 2. The molecule has 1 aromatic rings. The van der Waals surface area contributed by atoms with Crippen LogP contribution in [0.4, 0.5) is 0 Å². The molecule has 20 heavy (non-hydrogen) atoms. The van der Waals surface area contributed by atoms with Crippen LogP contribution in [0, 0.1) is 0 Å². The first-order valence-corrected chi connectivity index (χ1v) is 7.31. The third-order valence-electron chi connectivity index (χ3n) is 3.13. The first-order chi connectivity index (χ1) is 9.08. The SMILES string of the molecule is CC(CN=C(N)N(C)C1CC1)Oc1ccccc1Br.I. The zero-order valence-electron chi connectivity index (χ0n) is 11.8. The molecule has 0 spiro atoms. The summed E-state index contributed by atoms with van der Waals surface area (Å²) in [4.78, 5) is 6.44. The number of rotatable bonds is 5. The summed E-state index contributed by atoms with van der Waals surface area (Å²) in [5, 5.41) is 0. The molecule has 1 atom stereocenters. The van der Waals surface area contributed by atoms with E-state index in [0.29, 0.717) is 18.5 Å². The van der Waals surface area contributed by atoms with E-state index < -0.39 is 0 Å². The molecule has 1 aromatic carbocycles. The lowest BCUT2D eigenvalue weighted by Crippen LogP contribution is -2.36. The molecule has 4 nitrogen and oxygen atoms in total. The van der Waals surface area contributed by atoms with E-state index in [1.165, 1.54) is 12.8 Å². The molecule has 1 saturated carbocycles. The second-order valence-corrected chi connectivity index (χ2v) is 5.75. The van der Waals surface area contributed by atoms with E-state index in [2.05, 4.69) is 20.9 Å². The lowest BCUT2D eigenvalue weighted by Gasteiger charge is -2.18. The largest absolute Gasteiger partial charge is 0.488 e. The Morgan fingerprint density at radius 1 is 1.50 bits per heavy atom. The van der Waals surface area contributed by atoms with E-state index >= 15 is 0 Å². The molecule has 0 saturated heterocycles. The van der Waals surface area contributed by atoms with E-state index in [1.807, 2.05) is 43.1 Å². The predicted octanol–water partition coefficient (Wildman–Crippen LogP) is 3.24.